The van der Waals surface area contributed by atoms with Crippen molar-refractivity contribution in [2.75, 3.05) is 26.4 Å². The van der Waals surface area contributed by atoms with Gasteiger partial charge in [-0.2, -0.15) is 0 Å². The number of carbonyl (C=O) groups is 1. The topological polar surface area (TPSA) is 135 Å². The van der Waals surface area contributed by atoms with Crippen LogP contribution in [0.1, 0.15) is 40.0 Å². The zero-order valence-electron chi connectivity index (χ0n) is 23.6. The summed E-state index contributed by atoms with van der Waals surface area (Å²) in [5.74, 6) is -0.396. The Hall–Kier alpha value is -4.75. The predicted molar refractivity (Wildman–Crippen MR) is 155 cm³/mol. The van der Waals surface area contributed by atoms with E-state index in [-0.39, 0.29) is 12.4 Å². The van der Waals surface area contributed by atoms with E-state index < -0.39 is 12.3 Å². The molecule has 3 heterocycles. The Morgan fingerprint density at radius 1 is 0.977 bits per heavy atom. The average molecular weight is 610 g/mol. The van der Waals surface area contributed by atoms with Gasteiger partial charge in [0.15, 0.2) is 6.39 Å². The molecule has 0 spiro atoms. The molecule has 44 heavy (non-hydrogen) atoms. The molecule has 0 unspecified atom stereocenters. The molecule has 0 saturated carbocycles. The molecular formula is C31H30F3N5O5. The number of amides is 1. The number of rotatable bonds is 15. The summed E-state index contributed by atoms with van der Waals surface area (Å²) < 4.78 is 59.2. The molecule has 3 aromatic heterocycles. The lowest BCUT2D eigenvalue weighted by Gasteiger charge is -2.13. The maximum atomic E-state index is 12.8. The number of hydrogen-bond donors (Lipinski definition) is 2. The van der Waals surface area contributed by atoms with Crippen LogP contribution in [-0.2, 0) is 17.7 Å². The number of ether oxygens (including phenoxy) is 3. The molecule has 0 bridgehead atoms. The Labute approximate surface area is 250 Å². The number of oxazole rings is 1. The van der Waals surface area contributed by atoms with Crippen molar-refractivity contribution in [3.8, 4) is 11.6 Å². The van der Waals surface area contributed by atoms with E-state index in [1.54, 1.807) is 30.6 Å². The predicted octanol–water partition coefficient (Wildman–Crippen LogP) is 5.32. The number of aromatic nitrogens is 3. The van der Waals surface area contributed by atoms with E-state index in [1.807, 2.05) is 12.1 Å². The van der Waals surface area contributed by atoms with Gasteiger partial charge in [0, 0.05) is 53.7 Å². The SMILES string of the molecule is NC(=O)c1ccc2c(c1)nc(OCCOCCCCNCc1cc(Cc3cocn3)cc(OC(F)(F)F)c1)c1ccncc12. The number of primary amides is 1. The van der Waals surface area contributed by atoms with E-state index in [9.17, 15) is 18.0 Å². The molecule has 0 aliphatic heterocycles. The van der Waals surface area contributed by atoms with Gasteiger partial charge in [0.2, 0.25) is 11.8 Å². The molecule has 13 heteroatoms. The fraction of sp³-hybridized carbons (Fsp3) is 0.290. The zero-order valence-corrected chi connectivity index (χ0v) is 23.6. The summed E-state index contributed by atoms with van der Waals surface area (Å²) in [4.78, 5) is 24.4. The van der Waals surface area contributed by atoms with E-state index in [1.165, 1.54) is 24.8 Å². The number of pyridine rings is 2. The summed E-state index contributed by atoms with van der Waals surface area (Å²) in [6.45, 7) is 2.16. The molecule has 10 nitrogen and oxygen atoms in total. The molecule has 0 radical (unpaired) electrons. The highest BCUT2D eigenvalue weighted by Gasteiger charge is 2.31. The average Bonchev–Trinajstić information content (AvgIpc) is 3.49. The van der Waals surface area contributed by atoms with E-state index in [4.69, 9.17) is 19.6 Å². The quantitative estimate of drug-likeness (QED) is 0.119. The number of fused-ring (bicyclic) bond motifs is 3. The van der Waals surface area contributed by atoms with Crippen LogP contribution in [0, 0.1) is 0 Å². The Balaban J connectivity index is 1.05. The summed E-state index contributed by atoms with van der Waals surface area (Å²) in [5.41, 5.74) is 8.26. The number of unbranched alkanes of at least 4 members (excludes halogenated alkanes) is 1. The third-order valence-electron chi connectivity index (χ3n) is 6.66. The maximum Gasteiger partial charge on any atom is 0.573 e. The Bertz CT molecular complexity index is 1710. The maximum absolute atomic E-state index is 12.8. The smallest absolute Gasteiger partial charge is 0.475 e. The first-order valence-corrected chi connectivity index (χ1v) is 13.9. The van der Waals surface area contributed by atoms with E-state index in [0.29, 0.717) is 66.5 Å². The molecule has 5 rings (SSSR count). The van der Waals surface area contributed by atoms with Gasteiger partial charge in [-0.25, -0.2) is 9.97 Å². The minimum atomic E-state index is -4.78. The minimum absolute atomic E-state index is 0.273. The van der Waals surface area contributed by atoms with Gasteiger partial charge in [0.05, 0.1) is 17.8 Å². The second-order valence-electron chi connectivity index (χ2n) is 9.97. The van der Waals surface area contributed by atoms with Crippen molar-refractivity contribution in [1.82, 2.24) is 20.3 Å². The second kappa shape index (κ2) is 14.1. The summed E-state index contributed by atoms with van der Waals surface area (Å²) in [7, 11) is 0. The number of hydrogen-bond acceptors (Lipinski definition) is 9. The van der Waals surface area contributed by atoms with Crippen LogP contribution in [-0.4, -0.2) is 53.6 Å². The Morgan fingerprint density at radius 3 is 2.64 bits per heavy atom. The summed E-state index contributed by atoms with van der Waals surface area (Å²) in [5, 5.41) is 5.74. The van der Waals surface area contributed by atoms with Crippen molar-refractivity contribution >= 4 is 27.6 Å². The van der Waals surface area contributed by atoms with E-state index in [0.717, 1.165) is 29.0 Å². The van der Waals surface area contributed by atoms with Crippen molar-refractivity contribution in [3.05, 3.63) is 89.9 Å². The molecule has 2 aromatic carbocycles. The summed E-state index contributed by atoms with van der Waals surface area (Å²) in [6.07, 6.45) is 3.23. The van der Waals surface area contributed by atoms with Gasteiger partial charge in [-0.15, -0.1) is 13.2 Å². The molecule has 0 fully saturated rings. The number of halogens is 3. The van der Waals surface area contributed by atoms with Gasteiger partial charge in [-0.3, -0.25) is 9.78 Å². The fourth-order valence-electron chi connectivity index (χ4n) is 4.73. The van der Waals surface area contributed by atoms with Crippen LogP contribution in [0.4, 0.5) is 13.2 Å². The molecule has 3 N–H and O–H groups in total. The highest BCUT2D eigenvalue weighted by Crippen LogP contribution is 2.31. The van der Waals surface area contributed by atoms with Crippen LogP contribution in [0.25, 0.3) is 21.7 Å². The zero-order chi connectivity index (χ0) is 30.9. The molecule has 0 aliphatic carbocycles. The van der Waals surface area contributed by atoms with Gasteiger partial charge in [-0.05, 0) is 60.8 Å². The fourth-order valence-corrected chi connectivity index (χ4v) is 4.73. The Kier molecular flexibility index (Phi) is 9.87. The van der Waals surface area contributed by atoms with Crippen LogP contribution in [0.3, 0.4) is 0 Å². The third kappa shape index (κ3) is 8.42. The van der Waals surface area contributed by atoms with Crippen LogP contribution < -0.4 is 20.5 Å². The van der Waals surface area contributed by atoms with Crippen LogP contribution in [0.2, 0.25) is 0 Å². The lowest BCUT2D eigenvalue weighted by molar-refractivity contribution is -0.274. The summed E-state index contributed by atoms with van der Waals surface area (Å²) >= 11 is 0. The van der Waals surface area contributed by atoms with E-state index in [2.05, 4.69) is 25.0 Å². The van der Waals surface area contributed by atoms with Crippen molar-refractivity contribution in [3.63, 3.8) is 0 Å². The number of nitrogens with one attached hydrogen (secondary N) is 1. The van der Waals surface area contributed by atoms with Crippen LogP contribution >= 0.6 is 0 Å². The molecule has 0 saturated heterocycles. The number of nitrogens with zero attached hydrogens (tertiary/aromatic N) is 3. The molecule has 0 aliphatic rings. The van der Waals surface area contributed by atoms with Crippen molar-refractivity contribution in [1.29, 1.82) is 0 Å². The third-order valence-corrected chi connectivity index (χ3v) is 6.66. The lowest BCUT2D eigenvalue weighted by atomic mass is 10.1. The summed E-state index contributed by atoms with van der Waals surface area (Å²) in [6, 6.07) is 11.4. The number of benzene rings is 2. The van der Waals surface area contributed by atoms with Gasteiger partial charge < -0.3 is 29.7 Å². The van der Waals surface area contributed by atoms with Gasteiger partial charge in [0.25, 0.3) is 0 Å². The monoisotopic (exact) mass is 609 g/mol. The largest absolute Gasteiger partial charge is 0.573 e. The van der Waals surface area contributed by atoms with Crippen LogP contribution in [0.15, 0.2) is 71.9 Å². The normalized spacial score (nSPS) is 11.7. The van der Waals surface area contributed by atoms with Crippen molar-refractivity contribution in [2.24, 2.45) is 5.73 Å². The highest BCUT2D eigenvalue weighted by atomic mass is 19.4. The number of alkyl halides is 3. The molecule has 230 valence electrons. The molecular weight excluding hydrogens is 579 g/mol. The van der Waals surface area contributed by atoms with Gasteiger partial charge >= 0.3 is 6.36 Å². The highest BCUT2D eigenvalue weighted by molar-refractivity contribution is 6.09. The first-order chi connectivity index (χ1) is 21.2. The van der Waals surface area contributed by atoms with Gasteiger partial charge in [0.1, 0.15) is 18.6 Å². The molecule has 5 aromatic rings. The van der Waals surface area contributed by atoms with Crippen LogP contribution in [0.5, 0.6) is 11.6 Å². The minimum Gasteiger partial charge on any atom is -0.475 e. The molecule has 0 atom stereocenters. The standard InChI is InChI=1S/C31H30F3N5O5/c32-31(33,34)44-24-13-20(12-23-18-42-19-38-23)11-21(14-24)16-36-6-1-2-8-41-9-10-43-30-26-5-7-37-17-27(26)25-4-3-22(29(35)40)15-28(25)39-30/h3-5,7,11,13-15,17-19,36H,1-2,6,8-10,12,16H2,(H2,35,40). The van der Waals surface area contributed by atoms with Gasteiger partial charge in [-0.1, -0.05) is 12.1 Å². The van der Waals surface area contributed by atoms with Crippen molar-refractivity contribution in [2.45, 2.75) is 32.2 Å². The van der Waals surface area contributed by atoms with Crippen molar-refractivity contribution < 1.29 is 36.6 Å². The first kappa shape index (κ1) is 30.7. The lowest BCUT2D eigenvalue weighted by Crippen LogP contribution is -2.18. The van der Waals surface area contributed by atoms with E-state index >= 15 is 0 Å². The number of carbonyl (C=O) groups excluding carboxylic acids is 1. The first-order valence-electron chi connectivity index (χ1n) is 13.9. The number of nitrogens with two attached hydrogens (primary N) is 1. The Morgan fingerprint density at radius 2 is 1.84 bits per heavy atom. The molecule has 1 amide bonds. The second-order valence-corrected chi connectivity index (χ2v) is 9.97.